The van der Waals surface area contributed by atoms with Gasteiger partial charge in [-0.05, 0) is 60.5 Å². The Balaban J connectivity index is 1.36. The lowest BCUT2D eigenvalue weighted by Gasteiger charge is -2.07. The second-order valence-corrected chi connectivity index (χ2v) is 10.6. The molecular formula is C33H29N5O3S. The van der Waals surface area contributed by atoms with Crippen molar-refractivity contribution in [2.75, 3.05) is 13.7 Å². The number of ether oxygens (including phenoxy) is 2. The maximum atomic E-state index is 13.4. The van der Waals surface area contributed by atoms with Gasteiger partial charge in [-0.1, -0.05) is 73.2 Å². The molecule has 0 fully saturated rings. The van der Waals surface area contributed by atoms with E-state index in [4.69, 9.17) is 14.6 Å². The van der Waals surface area contributed by atoms with Gasteiger partial charge in [-0.15, -0.1) is 5.10 Å². The molecule has 0 atom stereocenters. The molecule has 8 nitrogen and oxygen atoms in total. The van der Waals surface area contributed by atoms with Crippen molar-refractivity contribution in [1.82, 2.24) is 24.4 Å². The van der Waals surface area contributed by atoms with Crippen LogP contribution in [0.1, 0.15) is 36.7 Å². The molecule has 210 valence electrons. The van der Waals surface area contributed by atoms with E-state index in [1.54, 1.807) is 13.2 Å². The van der Waals surface area contributed by atoms with Gasteiger partial charge in [-0.3, -0.25) is 4.79 Å². The fraction of sp³-hybridized carbons (Fsp3) is 0.152. The predicted molar refractivity (Wildman–Crippen MR) is 167 cm³/mol. The molecule has 3 aromatic heterocycles. The lowest BCUT2D eigenvalue weighted by molar-refractivity contribution is 0.309. The fourth-order valence-corrected chi connectivity index (χ4v) is 5.35. The molecule has 6 rings (SSSR count). The molecule has 0 radical (unpaired) electrons. The summed E-state index contributed by atoms with van der Waals surface area (Å²) < 4.78 is 14.9. The number of unbranched alkanes of at least 4 members (excludes halogenated alkanes) is 1. The SMILES string of the molecule is CCCCOc1cccc(-c2nn(-c3ccccc3)cc2/C=c2\sc3nc(/C=C/c4ccc(OC)cc4)nn3c2=O)c1. The fourth-order valence-electron chi connectivity index (χ4n) is 4.44. The second-order valence-electron chi connectivity index (χ2n) is 9.63. The Morgan fingerprint density at radius 1 is 0.929 bits per heavy atom. The van der Waals surface area contributed by atoms with Crippen molar-refractivity contribution in [3.63, 3.8) is 0 Å². The third kappa shape index (κ3) is 5.87. The second kappa shape index (κ2) is 12.2. The normalized spacial score (nSPS) is 12.0. The lowest BCUT2D eigenvalue weighted by atomic mass is 10.1. The summed E-state index contributed by atoms with van der Waals surface area (Å²) in [6.45, 7) is 2.80. The number of para-hydroxylation sites is 1. The highest BCUT2D eigenvalue weighted by molar-refractivity contribution is 7.15. The van der Waals surface area contributed by atoms with E-state index >= 15 is 0 Å². The maximum Gasteiger partial charge on any atom is 0.291 e. The lowest BCUT2D eigenvalue weighted by Crippen LogP contribution is -2.23. The van der Waals surface area contributed by atoms with Gasteiger partial charge in [0.15, 0.2) is 5.82 Å². The molecule has 3 heterocycles. The molecule has 0 bridgehead atoms. The summed E-state index contributed by atoms with van der Waals surface area (Å²) >= 11 is 1.30. The molecule has 0 unspecified atom stereocenters. The Bertz CT molecular complexity index is 1960. The molecular weight excluding hydrogens is 546 g/mol. The number of rotatable bonds is 10. The Labute approximate surface area is 246 Å². The van der Waals surface area contributed by atoms with E-state index < -0.39 is 0 Å². The summed E-state index contributed by atoms with van der Waals surface area (Å²) in [4.78, 5) is 18.5. The standard InChI is InChI=1S/C33H29N5O3S/c1-3-4-19-41-28-12-8-9-24(20-28)31-25(22-37(36-31)26-10-6-5-7-11-26)21-29-32(39)38-33(42-29)34-30(35-38)18-15-23-13-16-27(40-2)17-14-23/h5-18,20-22H,3-4,19H2,1-2H3/b18-15+,29-21-. The van der Waals surface area contributed by atoms with Crippen molar-refractivity contribution in [1.29, 1.82) is 0 Å². The molecule has 0 saturated heterocycles. The Kier molecular flexibility index (Phi) is 7.91. The first-order chi connectivity index (χ1) is 20.6. The van der Waals surface area contributed by atoms with Crippen LogP contribution in [-0.4, -0.2) is 38.1 Å². The van der Waals surface area contributed by atoms with Crippen molar-refractivity contribution in [2.45, 2.75) is 19.8 Å². The van der Waals surface area contributed by atoms with Gasteiger partial charge in [0.2, 0.25) is 4.96 Å². The van der Waals surface area contributed by atoms with Crippen LogP contribution in [0.3, 0.4) is 0 Å². The van der Waals surface area contributed by atoms with E-state index in [0.29, 0.717) is 21.9 Å². The first kappa shape index (κ1) is 27.2. The van der Waals surface area contributed by atoms with Crippen LogP contribution in [0, 0.1) is 0 Å². The van der Waals surface area contributed by atoms with Crippen molar-refractivity contribution in [3.8, 4) is 28.4 Å². The Morgan fingerprint density at radius 2 is 1.76 bits per heavy atom. The zero-order valence-electron chi connectivity index (χ0n) is 23.3. The summed E-state index contributed by atoms with van der Waals surface area (Å²) in [5.41, 5.74) is 4.15. The Hall–Kier alpha value is -5.02. The van der Waals surface area contributed by atoms with Gasteiger partial charge in [0, 0.05) is 17.3 Å². The number of hydrogen-bond acceptors (Lipinski definition) is 7. The van der Waals surface area contributed by atoms with Crippen LogP contribution >= 0.6 is 11.3 Å². The number of nitrogens with zero attached hydrogens (tertiary/aromatic N) is 5. The van der Waals surface area contributed by atoms with E-state index in [2.05, 4.69) is 17.0 Å². The summed E-state index contributed by atoms with van der Waals surface area (Å²) in [5.74, 6) is 2.05. The van der Waals surface area contributed by atoms with Crippen LogP contribution in [0.2, 0.25) is 0 Å². The van der Waals surface area contributed by atoms with Gasteiger partial charge < -0.3 is 9.47 Å². The molecule has 0 aliphatic heterocycles. The van der Waals surface area contributed by atoms with Gasteiger partial charge in [0.05, 0.1) is 23.9 Å². The molecule has 0 aliphatic carbocycles. The number of thiazole rings is 1. The highest BCUT2D eigenvalue weighted by Crippen LogP contribution is 2.28. The van der Waals surface area contributed by atoms with Crippen molar-refractivity contribution in [2.24, 2.45) is 0 Å². The third-order valence-electron chi connectivity index (χ3n) is 6.66. The monoisotopic (exact) mass is 575 g/mol. The molecule has 42 heavy (non-hydrogen) atoms. The summed E-state index contributed by atoms with van der Waals surface area (Å²) in [6.07, 6.45) is 9.56. The van der Waals surface area contributed by atoms with Crippen LogP contribution < -0.4 is 19.6 Å². The number of hydrogen-bond donors (Lipinski definition) is 0. The average Bonchev–Trinajstić information content (AvgIpc) is 3.72. The molecule has 6 aromatic rings. The molecule has 9 heteroatoms. The summed E-state index contributed by atoms with van der Waals surface area (Å²) in [7, 11) is 1.64. The molecule has 0 saturated carbocycles. The van der Waals surface area contributed by atoms with Gasteiger partial charge in [-0.2, -0.15) is 14.6 Å². The molecule has 0 N–H and O–H groups in total. The zero-order valence-corrected chi connectivity index (χ0v) is 24.1. The first-order valence-corrected chi connectivity index (χ1v) is 14.5. The minimum absolute atomic E-state index is 0.221. The highest BCUT2D eigenvalue weighted by Gasteiger charge is 2.14. The highest BCUT2D eigenvalue weighted by atomic mass is 32.1. The third-order valence-corrected chi connectivity index (χ3v) is 7.62. The largest absolute Gasteiger partial charge is 0.497 e. The quantitative estimate of drug-likeness (QED) is 0.189. The van der Waals surface area contributed by atoms with Gasteiger partial charge in [0.25, 0.3) is 5.56 Å². The van der Waals surface area contributed by atoms with E-state index in [-0.39, 0.29) is 5.56 Å². The number of aromatic nitrogens is 5. The van der Waals surface area contributed by atoms with Gasteiger partial charge in [-0.25, -0.2) is 4.68 Å². The predicted octanol–water partition coefficient (Wildman–Crippen LogP) is 5.91. The molecule has 0 amide bonds. The Morgan fingerprint density at radius 3 is 2.52 bits per heavy atom. The van der Waals surface area contributed by atoms with Gasteiger partial charge >= 0.3 is 0 Å². The number of fused-ring (bicyclic) bond motifs is 1. The van der Waals surface area contributed by atoms with Crippen molar-refractivity contribution in [3.05, 3.63) is 117 Å². The molecule has 0 spiro atoms. The topological polar surface area (TPSA) is 83.5 Å². The van der Waals surface area contributed by atoms with Crippen LogP contribution in [0.5, 0.6) is 11.5 Å². The van der Waals surface area contributed by atoms with Crippen molar-refractivity contribution >= 4 is 34.5 Å². The minimum Gasteiger partial charge on any atom is -0.497 e. The zero-order chi connectivity index (χ0) is 28.9. The summed E-state index contributed by atoms with van der Waals surface area (Å²) in [6, 6.07) is 25.5. The van der Waals surface area contributed by atoms with E-state index in [0.717, 1.165) is 52.4 Å². The number of methoxy groups -OCH3 is 1. The first-order valence-electron chi connectivity index (χ1n) is 13.7. The van der Waals surface area contributed by atoms with Gasteiger partial charge in [0.1, 0.15) is 17.2 Å². The molecule has 0 aliphatic rings. The van der Waals surface area contributed by atoms with E-state index in [9.17, 15) is 4.79 Å². The van der Waals surface area contributed by atoms with Crippen LogP contribution in [0.4, 0.5) is 0 Å². The average molecular weight is 576 g/mol. The van der Waals surface area contributed by atoms with E-state index in [1.807, 2.05) is 102 Å². The minimum atomic E-state index is -0.221. The summed E-state index contributed by atoms with van der Waals surface area (Å²) in [5, 5.41) is 9.35. The van der Waals surface area contributed by atoms with Crippen LogP contribution in [0.15, 0.2) is 89.9 Å². The smallest absolute Gasteiger partial charge is 0.291 e. The van der Waals surface area contributed by atoms with Crippen LogP contribution in [0.25, 0.3) is 40.1 Å². The number of benzene rings is 3. The van der Waals surface area contributed by atoms with E-state index in [1.165, 1.54) is 15.9 Å². The van der Waals surface area contributed by atoms with Crippen LogP contribution in [-0.2, 0) is 0 Å². The van der Waals surface area contributed by atoms with Crippen molar-refractivity contribution < 1.29 is 9.47 Å². The molecule has 3 aromatic carbocycles. The maximum absolute atomic E-state index is 13.4.